The summed E-state index contributed by atoms with van der Waals surface area (Å²) in [6, 6.07) is 0. The van der Waals surface area contributed by atoms with Gasteiger partial charge in [0.1, 0.15) is 0 Å². The fourth-order valence-corrected chi connectivity index (χ4v) is 4.82. The van der Waals surface area contributed by atoms with Gasteiger partial charge in [-0.05, 0) is 52.1 Å². The highest BCUT2D eigenvalue weighted by Gasteiger charge is 2.43. The fourth-order valence-electron chi connectivity index (χ4n) is 3.35. The van der Waals surface area contributed by atoms with Crippen LogP contribution in [0.15, 0.2) is 0 Å². The van der Waals surface area contributed by atoms with Gasteiger partial charge in [-0.25, -0.2) is 0 Å². The second-order valence-corrected chi connectivity index (χ2v) is 8.80. The Morgan fingerprint density at radius 3 is 2.14 bits per heavy atom. The lowest BCUT2D eigenvalue weighted by atomic mass is 9.75. The summed E-state index contributed by atoms with van der Waals surface area (Å²) in [5, 5.41) is 9.16. The van der Waals surface area contributed by atoms with E-state index in [0.717, 1.165) is 25.7 Å². The van der Waals surface area contributed by atoms with Crippen molar-refractivity contribution in [2.75, 3.05) is 47.4 Å². The molecule has 0 amide bonds. The maximum Gasteiger partial charge on any atom is 0.281 e. The van der Waals surface area contributed by atoms with Crippen LogP contribution in [0.5, 0.6) is 0 Å². The van der Waals surface area contributed by atoms with Gasteiger partial charge in [0, 0.05) is 38.8 Å². The number of hydrogen-bond donors (Lipinski definition) is 1. The first kappa shape index (κ1) is 17.1. The second kappa shape index (κ2) is 6.50. The fraction of sp³-hybridized carbons (Fsp3) is 1.00. The van der Waals surface area contributed by atoms with E-state index in [4.69, 9.17) is 5.11 Å². The topological polar surface area (TPSA) is 64.1 Å². The molecule has 7 heteroatoms. The predicted molar refractivity (Wildman–Crippen MR) is 83.2 cm³/mol. The van der Waals surface area contributed by atoms with Crippen LogP contribution >= 0.6 is 0 Å². The van der Waals surface area contributed by atoms with Gasteiger partial charge < -0.3 is 10.0 Å². The largest absolute Gasteiger partial charge is 0.396 e. The number of aliphatic hydroxyl groups is 1. The Kier molecular flexibility index (Phi) is 5.31. The van der Waals surface area contributed by atoms with Gasteiger partial charge >= 0.3 is 0 Å². The average Bonchev–Trinajstić information content (AvgIpc) is 2.42. The minimum absolute atomic E-state index is 0.00520. The van der Waals surface area contributed by atoms with Crippen molar-refractivity contribution in [3.63, 3.8) is 0 Å². The molecule has 2 rings (SSSR count). The molecule has 2 aliphatic rings. The van der Waals surface area contributed by atoms with E-state index in [2.05, 4.69) is 4.90 Å². The Hall–Kier alpha value is -0.210. The standard InChI is InChI=1S/C14H29N3O3S/c1-15(2)14(7-4-8-14)12-16(3)21(19,20)17-9-5-13(11-18)6-10-17/h13,18H,4-12H2,1-3H3. The van der Waals surface area contributed by atoms with Gasteiger partial charge in [0.25, 0.3) is 10.2 Å². The SMILES string of the molecule is CN(C)C1(CN(C)S(=O)(=O)N2CCC(CO)CC2)CCC1. The van der Waals surface area contributed by atoms with Crippen LogP contribution in [0.1, 0.15) is 32.1 Å². The first-order chi connectivity index (χ1) is 9.82. The minimum atomic E-state index is -3.38. The van der Waals surface area contributed by atoms with Crippen LogP contribution in [-0.2, 0) is 10.2 Å². The van der Waals surface area contributed by atoms with Crippen LogP contribution in [0, 0.1) is 5.92 Å². The molecule has 1 aliphatic carbocycles. The molecule has 0 spiro atoms. The average molecular weight is 319 g/mol. The van der Waals surface area contributed by atoms with Crippen molar-refractivity contribution in [1.29, 1.82) is 0 Å². The van der Waals surface area contributed by atoms with E-state index >= 15 is 0 Å². The van der Waals surface area contributed by atoms with Gasteiger partial charge in [-0.15, -0.1) is 0 Å². The van der Waals surface area contributed by atoms with Crippen LogP contribution in [0.2, 0.25) is 0 Å². The molecule has 0 unspecified atom stereocenters. The summed E-state index contributed by atoms with van der Waals surface area (Å²) in [5.74, 6) is 0.251. The first-order valence-electron chi connectivity index (χ1n) is 7.81. The molecule has 1 saturated heterocycles. The number of likely N-dealkylation sites (N-methyl/N-ethyl adjacent to an activating group) is 2. The summed E-state index contributed by atoms with van der Waals surface area (Å²) >= 11 is 0. The first-order valence-corrected chi connectivity index (χ1v) is 9.21. The Bertz CT molecular complexity index is 440. The van der Waals surface area contributed by atoms with Gasteiger partial charge in [0.05, 0.1) is 0 Å². The Morgan fingerprint density at radius 1 is 1.19 bits per heavy atom. The zero-order chi connectivity index (χ0) is 15.7. The maximum atomic E-state index is 12.7. The third-order valence-electron chi connectivity index (χ3n) is 5.30. The number of aliphatic hydroxyl groups excluding tert-OH is 1. The van der Waals surface area contributed by atoms with Crippen LogP contribution in [0.25, 0.3) is 0 Å². The molecule has 0 aromatic rings. The van der Waals surface area contributed by atoms with Crippen molar-refractivity contribution in [3.05, 3.63) is 0 Å². The van der Waals surface area contributed by atoms with Crippen molar-refractivity contribution in [2.45, 2.75) is 37.6 Å². The molecule has 1 aliphatic heterocycles. The monoisotopic (exact) mass is 319 g/mol. The summed E-state index contributed by atoms with van der Waals surface area (Å²) in [6.07, 6.45) is 4.80. The molecule has 6 nitrogen and oxygen atoms in total. The van der Waals surface area contributed by atoms with Crippen LogP contribution in [-0.4, -0.2) is 80.0 Å². The number of nitrogens with zero attached hydrogens (tertiary/aromatic N) is 3. The van der Waals surface area contributed by atoms with Crippen LogP contribution in [0.4, 0.5) is 0 Å². The van der Waals surface area contributed by atoms with Gasteiger partial charge in [0.15, 0.2) is 0 Å². The van der Waals surface area contributed by atoms with E-state index < -0.39 is 10.2 Å². The summed E-state index contributed by atoms with van der Waals surface area (Å²) in [5.41, 5.74) is 0.00520. The highest BCUT2D eigenvalue weighted by molar-refractivity contribution is 7.86. The molecule has 1 N–H and O–H groups in total. The summed E-state index contributed by atoms with van der Waals surface area (Å²) in [6.45, 7) is 1.76. The van der Waals surface area contributed by atoms with Crippen molar-refractivity contribution in [3.8, 4) is 0 Å². The molecule has 1 saturated carbocycles. The maximum absolute atomic E-state index is 12.7. The lowest BCUT2D eigenvalue weighted by molar-refractivity contribution is 0.0438. The molecule has 0 aromatic carbocycles. The van der Waals surface area contributed by atoms with Gasteiger partial charge in [-0.2, -0.15) is 17.0 Å². The number of piperidine rings is 1. The third-order valence-corrected chi connectivity index (χ3v) is 7.24. The highest BCUT2D eigenvalue weighted by atomic mass is 32.2. The molecule has 0 radical (unpaired) electrons. The Morgan fingerprint density at radius 2 is 1.76 bits per heavy atom. The summed E-state index contributed by atoms with van der Waals surface area (Å²) in [4.78, 5) is 2.17. The zero-order valence-corrected chi connectivity index (χ0v) is 14.3. The predicted octanol–water partition coefficient (Wildman–Crippen LogP) is 0.352. The summed E-state index contributed by atoms with van der Waals surface area (Å²) in [7, 11) is 2.38. The van der Waals surface area contributed by atoms with E-state index in [9.17, 15) is 8.42 Å². The highest BCUT2D eigenvalue weighted by Crippen LogP contribution is 2.37. The van der Waals surface area contributed by atoms with Gasteiger partial charge in [-0.1, -0.05) is 0 Å². The quantitative estimate of drug-likeness (QED) is 0.767. The van der Waals surface area contributed by atoms with Crippen LogP contribution in [0.3, 0.4) is 0 Å². The van der Waals surface area contributed by atoms with Crippen LogP contribution < -0.4 is 0 Å². The molecule has 0 atom stereocenters. The smallest absolute Gasteiger partial charge is 0.281 e. The van der Waals surface area contributed by atoms with Gasteiger partial charge in [0.2, 0.25) is 0 Å². The lowest BCUT2D eigenvalue weighted by Crippen LogP contribution is -2.59. The molecule has 0 aromatic heterocycles. The van der Waals surface area contributed by atoms with E-state index in [1.807, 2.05) is 14.1 Å². The third kappa shape index (κ3) is 3.42. The molecule has 2 fully saturated rings. The molecule has 0 bridgehead atoms. The van der Waals surface area contributed by atoms with Gasteiger partial charge in [-0.3, -0.25) is 0 Å². The molecule has 124 valence electrons. The van der Waals surface area contributed by atoms with E-state index in [1.165, 1.54) is 10.7 Å². The molecule has 1 heterocycles. The number of hydrogen-bond acceptors (Lipinski definition) is 4. The molecular formula is C14H29N3O3S. The molecule has 21 heavy (non-hydrogen) atoms. The second-order valence-electron chi connectivity index (χ2n) is 6.76. The normalized spacial score (nSPS) is 24.5. The zero-order valence-electron chi connectivity index (χ0n) is 13.5. The Labute approximate surface area is 128 Å². The minimum Gasteiger partial charge on any atom is -0.396 e. The van der Waals surface area contributed by atoms with Crippen molar-refractivity contribution in [2.24, 2.45) is 5.92 Å². The van der Waals surface area contributed by atoms with E-state index in [0.29, 0.717) is 19.6 Å². The number of rotatable bonds is 6. The Balaban J connectivity index is 1.99. The van der Waals surface area contributed by atoms with Crippen molar-refractivity contribution in [1.82, 2.24) is 13.5 Å². The van der Waals surface area contributed by atoms with Crippen molar-refractivity contribution < 1.29 is 13.5 Å². The summed E-state index contributed by atoms with van der Waals surface area (Å²) < 4.78 is 28.5. The lowest BCUT2D eigenvalue weighted by Gasteiger charge is -2.49. The van der Waals surface area contributed by atoms with Crippen molar-refractivity contribution >= 4 is 10.2 Å². The molecular weight excluding hydrogens is 290 g/mol. The van der Waals surface area contributed by atoms with E-state index in [1.54, 1.807) is 11.4 Å². The van der Waals surface area contributed by atoms with E-state index in [-0.39, 0.29) is 18.1 Å².